The number of carbonyl (C=O) groups is 1. The molecule has 1 atom stereocenters. The Morgan fingerprint density at radius 2 is 2.00 bits per heavy atom. The van der Waals surface area contributed by atoms with Gasteiger partial charge in [-0.25, -0.2) is 0 Å². The monoisotopic (exact) mass is 281 g/mol. The summed E-state index contributed by atoms with van der Waals surface area (Å²) < 4.78 is 5.31. The van der Waals surface area contributed by atoms with Gasteiger partial charge in [0.05, 0.1) is 5.60 Å². The molecule has 0 bridgehead atoms. The molecule has 1 aromatic rings. The fourth-order valence-electron chi connectivity index (χ4n) is 1.79. The molecule has 0 aromatic heterocycles. The van der Waals surface area contributed by atoms with Crippen LogP contribution in [0.3, 0.4) is 0 Å². The van der Waals surface area contributed by atoms with E-state index in [0.717, 1.165) is 0 Å². The minimum atomic E-state index is -0.972. The Morgan fingerprint density at radius 1 is 1.40 bits per heavy atom. The van der Waals surface area contributed by atoms with Crippen LogP contribution < -0.4 is 15.8 Å². The average molecular weight is 281 g/mol. The van der Waals surface area contributed by atoms with Gasteiger partial charge >= 0.3 is 0 Å². The number of nitrogen functional groups attached to an aromatic ring is 1. The van der Waals surface area contributed by atoms with Crippen LogP contribution in [0, 0.1) is 0 Å². The first-order valence-electron chi connectivity index (χ1n) is 6.41. The zero-order chi connectivity index (χ0) is 15.2. The molecular weight excluding hydrogens is 258 g/mol. The maximum Gasteiger partial charge on any atom is 0.258 e. The van der Waals surface area contributed by atoms with Crippen LogP contribution in [0.1, 0.15) is 6.92 Å². The molecule has 0 aliphatic carbocycles. The summed E-state index contributed by atoms with van der Waals surface area (Å²) in [5.41, 5.74) is 5.22. The Balaban J connectivity index is 2.32. The van der Waals surface area contributed by atoms with Crippen molar-refractivity contribution < 1.29 is 14.6 Å². The number of likely N-dealkylation sites (N-methyl/N-ethyl adjacent to an activating group) is 1. The highest BCUT2D eigenvalue weighted by Crippen LogP contribution is 2.12. The summed E-state index contributed by atoms with van der Waals surface area (Å²) in [6.07, 6.45) is 0. The first-order valence-corrected chi connectivity index (χ1v) is 6.41. The molecule has 20 heavy (non-hydrogen) atoms. The van der Waals surface area contributed by atoms with Crippen molar-refractivity contribution in [1.82, 2.24) is 10.2 Å². The highest BCUT2D eigenvalue weighted by atomic mass is 16.5. The van der Waals surface area contributed by atoms with Gasteiger partial charge in [-0.3, -0.25) is 4.79 Å². The molecule has 0 fully saturated rings. The summed E-state index contributed by atoms with van der Waals surface area (Å²) in [4.78, 5) is 13.5. The van der Waals surface area contributed by atoms with Gasteiger partial charge in [-0.1, -0.05) is 0 Å². The van der Waals surface area contributed by atoms with Gasteiger partial charge in [0.1, 0.15) is 5.75 Å². The number of nitrogens with two attached hydrogens (primary N) is 1. The number of benzene rings is 1. The van der Waals surface area contributed by atoms with Crippen LogP contribution >= 0.6 is 0 Å². The number of hydrogen-bond donors (Lipinski definition) is 3. The second-order valence-corrected chi connectivity index (χ2v) is 5.37. The minimum absolute atomic E-state index is 0.0953. The van der Waals surface area contributed by atoms with Crippen molar-refractivity contribution >= 4 is 11.6 Å². The van der Waals surface area contributed by atoms with Crippen LogP contribution in [0.2, 0.25) is 0 Å². The van der Waals surface area contributed by atoms with Crippen molar-refractivity contribution in [2.24, 2.45) is 0 Å². The van der Waals surface area contributed by atoms with Crippen LogP contribution in [0.4, 0.5) is 5.69 Å². The van der Waals surface area contributed by atoms with E-state index in [-0.39, 0.29) is 19.1 Å². The molecule has 0 saturated heterocycles. The van der Waals surface area contributed by atoms with Gasteiger partial charge in [0.2, 0.25) is 0 Å². The lowest BCUT2D eigenvalue weighted by molar-refractivity contribution is -0.124. The van der Waals surface area contributed by atoms with E-state index in [4.69, 9.17) is 10.5 Å². The van der Waals surface area contributed by atoms with Gasteiger partial charge in [0, 0.05) is 18.8 Å². The summed E-state index contributed by atoms with van der Waals surface area (Å²) in [6.45, 7) is 2.22. The smallest absolute Gasteiger partial charge is 0.258 e. The number of hydrogen-bond acceptors (Lipinski definition) is 5. The van der Waals surface area contributed by atoms with Gasteiger partial charge in [0.15, 0.2) is 6.61 Å². The van der Waals surface area contributed by atoms with Crippen molar-refractivity contribution in [3.63, 3.8) is 0 Å². The van der Waals surface area contributed by atoms with Crippen LogP contribution in [0.15, 0.2) is 24.3 Å². The van der Waals surface area contributed by atoms with E-state index in [9.17, 15) is 9.90 Å². The molecule has 1 amide bonds. The first-order chi connectivity index (χ1) is 9.28. The third-order valence-electron chi connectivity index (χ3n) is 2.57. The normalized spacial score (nSPS) is 13.8. The molecule has 0 aliphatic rings. The Labute approximate surface area is 119 Å². The molecule has 0 radical (unpaired) electrons. The fourth-order valence-corrected chi connectivity index (χ4v) is 1.79. The summed E-state index contributed by atoms with van der Waals surface area (Å²) in [6, 6.07) is 6.81. The van der Waals surface area contributed by atoms with E-state index < -0.39 is 5.60 Å². The van der Waals surface area contributed by atoms with Crippen LogP contribution in [-0.2, 0) is 4.79 Å². The maximum atomic E-state index is 11.6. The van der Waals surface area contributed by atoms with Gasteiger partial charge in [-0.15, -0.1) is 0 Å². The molecule has 112 valence electrons. The van der Waals surface area contributed by atoms with E-state index in [1.54, 1.807) is 31.2 Å². The van der Waals surface area contributed by atoms with Gasteiger partial charge < -0.3 is 25.8 Å². The number of amides is 1. The number of ether oxygens (including phenoxy) is 1. The molecular formula is C14H23N3O3. The van der Waals surface area contributed by atoms with Crippen molar-refractivity contribution in [2.45, 2.75) is 12.5 Å². The highest BCUT2D eigenvalue weighted by molar-refractivity contribution is 5.77. The van der Waals surface area contributed by atoms with E-state index in [1.807, 2.05) is 19.0 Å². The molecule has 1 rings (SSSR count). The number of carbonyl (C=O) groups excluding carboxylic acids is 1. The third kappa shape index (κ3) is 6.40. The van der Waals surface area contributed by atoms with E-state index in [1.165, 1.54) is 0 Å². The molecule has 1 unspecified atom stereocenters. The largest absolute Gasteiger partial charge is 0.484 e. The molecule has 0 aliphatic heterocycles. The lowest BCUT2D eigenvalue weighted by atomic mass is 10.1. The molecule has 0 saturated carbocycles. The number of nitrogens with one attached hydrogen (secondary N) is 1. The fraction of sp³-hybridized carbons (Fsp3) is 0.500. The predicted molar refractivity (Wildman–Crippen MR) is 78.5 cm³/mol. The number of anilines is 1. The second kappa shape index (κ2) is 7.12. The Hall–Kier alpha value is -1.79. The van der Waals surface area contributed by atoms with Crippen LogP contribution in [0.5, 0.6) is 5.75 Å². The summed E-state index contributed by atoms with van der Waals surface area (Å²) in [5.74, 6) is 0.301. The minimum Gasteiger partial charge on any atom is -0.484 e. The van der Waals surface area contributed by atoms with Gasteiger partial charge in [0.25, 0.3) is 5.91 Å². The molecule has 4 N–H and O–H groups in total. The molecule has 6 nitrogen and oxygen atoms in total. The lowest BCUT2D eigenvalue weighted by Crippen LogP contribution is -2.47. The van der Waals surface area contributed by atoms with Crippen molar-refractivity contribution in [3.05, 3.63) is 24.3 Å². The lowest BCUT2D eigenvalue weighted by Gasteiger charge is -2.27. The van der Waals surface area contributed by atoms with E-state index in [0.29, 0.717) is 18.0 Å². The van der Waals surface area contributed by atoms with Crippen molar-refractivity contribution in [2.75, 3.05) is 39.5 Å². The van der Waals surface area contributed by atoms with Gasteiger partial charge in [-0.2, -0.15) is 0 Å². The maximum absolute atomic E-state index is 11.6. The quantitative estimate of drug-likeness (QED) is 0.616. The van der Waals surface area contributed by atoms with Gasteiger partial charge in [-0.05, 0) is 45.3 Å². The summed E-state index contributed by atoms with van der Waals surface area (Å²) in [5, 5.41) is 12.7. The van der Waals surface area contributed by atoms with Crippen molar-refractivity contribution in [1.29, 1.82) is 0 Å². The number of aliphatic hydroxyl groups is 1. The Kier molecular flexibility index (Phi) is 5.79. The van der Waals surface area contributed by atoms with Crippen molar-refractivity contribution in [3.8, 4) is 5.75 Å². The highest BCUT2D eigenvalue weighted by Gasteiger charge is 2.22. The average Bonchev–Trinajstić information content (AvgIpc) is 2.34. The predicted octanol–water partition coefficient (Wildman–Crippen LogP) is 0.0764. The molecule has 6 heteroatoms. The molecule has 0 spiro atoms. The second-order valence-electron chi connectivity index (χ2n) is 5.37. The first kappa shape index (κ1) is 16.3. The topological polar surface area (TPSA) is 87.8 Å². The number of rotatable bonds is 7. The summed E-state index contributed by atoms with van der Waals surface area (Å²) >= 11 is 0. The zero-order valence-corrected chi connectivity index (χ0v) is 12.2. The zero-order valence-electron chi connectivity index (χ0n) is 12.2. The SMILES string of the molecule is CN(C)CC(C)(O)CNC(=O)COc1ccc(N)cc1. The Morgan fingerprint density at radius 3 is 2.55 bits per heavy atom. The summed E-state index contributed by atoms with van der Waals surface area (Å²) in [7, 11) is 3.72. The third-order valence-corrected chi connectivity index (χ3v) is 2.57. The Bertz CT molecular complexity index is 430. The standard InChI is InChI=1S/C14H23N3O3/c1-14(19,10-17(2)3)9-16-13(18)8-20-12-6-4-11(15)5-7-12/h4-7,19H,8-10,15H2,1-3H3,(H,16,18). The van der Waals surface area contributed by atoms with Crippen LogP contribution in [-0.4, -0.2) is 55.3 Å². The number of nitrogens with zero attached hydrogens (tertiary/aromatic N) is 1. The molecule has 0 heterocycles. The van der Waals surface area contributed by atoms with Crippen LogP contribution in [0.25, 0.3) is 0 Å². The van der Waals surface area contributed by atoms with E-state index in [2.05, 4.69) is 5.32 Å². The van der Waals surface area contributed by atoms with E-state index >= 15 is 0 Å². The molecule has 1 aromatic carbocycles.